The van der Waals surface area contributed by atoms with Gasteiger partial charge >= 0.3 is 0 Å². The molecule has 1 saturated heterocycles. The zero-order valence-electron chi connectivity index (χ0n) is 11.5. The lowest BCUT2D eigenvalue weighted by Crippen LogP contribution is -2.57. The Bertz CT molecular complexity index is 333. The van der Waals surface area contributed by atoms with Crippen LogP contribution in [0.15, 0.2) is 0 Å². The largest absolute Gasteiger partial charge is 0.314 e. The fourth-order valence-corrected chi connectivity index (χ4v) is 3.07. The quantitative estimate of drug-likeness (QED) is 0.812. The predicted molar refractivity (Wildman–Crippen MR) is 72.0 cm³/mol. The summed E-state index contributed by atoms with van der Waals surface area (Å²) in [5, 5.41) is 3.39. The topological polar surface area (TPSA) is 49.4 Å². The van der Waals surface area contributed by atoms with Crippen LogP contribution in [-0.2, 0) is 9.84 Å². The van der Waals surface area contributed by atoms with Gasteiger partial charge in [0.25, 0.3) is 0 Å². The molecule has 102 valence electrons. The molecule has 0 saturated carbocycles. The van der Waals surface area contributed by atoms with Gasteiger partial charge < -0.3 is 5.32 Å². The van der Waals surface area contributed by atoms with Crippen LogP contribution in [-0.4, -0.2) is 57.0 Å². The van der Waals surface area contributed by atoms with Gasteiger partial charge in [-0.25, -0.2) is 8.42 Å². The summed E-state index contributed by atoms with van der Waals surface area (Å²) in [6, 6.07) is 0.420. The van der Waals surface area contributed by atoms with Crippen molar-refractivity contribution in [2.24, 2.45) is 5.41 Å². The second-order valence-electron chi connectivity index (χ2n) is 5.86. The highest BCUT2D eigenvalue weighted by atomic mass is 32.2. The predicted octanol–water partition coefficient (Wildman–Crippen LogP) is 0.741. The van der Waals surface area contributed by atoms with Gasteiger partial charge in [0.2, 0.25) is 0 Å². The van der Waals surface area contributed by atoms with Crippen LogP contribution in [0.2, 0.25) is 0 Å². The molecule has 17 heavy (non-hydrogen) atoms. The Balaban J connectivity index is 2.61. The lowest BCUT2D eigenvalue weighted by Gasteiger charge is -2.43. The van der Waals surface area contributed by atoms with Crippen molar-refractivity contribution in [2.75, 3.05) is 37.7 Å². The lowest BCUT2D eigenvalue weighted by atomic mass is 9.84. The Morgan fingerprint density at radius 2 is 2.00 bits per heavy atom. The number of piperazine rings is 1. The van der Waals surface area contributed by atoms with Crippen molar-refractivity contribution in [1.82, 2.24) is 10.2 Å². The van der Waals surface area contributed by atoms with Crippen molar-refractivity contribution in [3.63, 3.8) is 0 Å². The summed E-state index contributed by atoms with van der Waals surface area (Å²) in [5.74, 6) is 0.537. The molecule has 0 radical (unpaired) electrons. The molecule has 0 amide bonds. The smallest absolute Gasteiger partial charge is 0.151 e. The van der Waals surface area contributed by atoms with Crippen LogP contribution in [0.5, 0.6) is 0 Å². The summed E-state index contributed by atoms with van der Waals surface area (Å²) >= 11 is 0. The first-order valence-corrected chi connectivity index (χ1v) is 8.23. The summed E-state index contributed by atoms with van der Waals surface area (Å²) in [4.78, 5) is 2.32. The number of nitrogens with zero attached hydrogens (tertiary/aromatic N) is 1. The molecule has 0 aromatic rings. The van der Waals surface area contributed by atoms with Gasteiger partial charge in [-0.2, -0.15) is 0 Å². The van der Waals surface area contributed by atoms with Crippen molar-refractivity contribution in [3.05, 3.63) is 0 Å². The molecule has 5 heteroatoms. The van der Waals surface area contributed by atoms with Crippen molar-refractivity contribution < 1.29 is 8.42 Å². The molecular weight excluding hydrogens is 236 g/mol. The molecular formula is C12H26N2O2S. The molecule has 1 heterocycles. The minimum Gasteiger partial charge on any atom is -0.314 e. The van der Waals surface area contributed by atoms with E-state index in [-0.39, 0.29) is 16.9 Å². The molecule has 0 aromatic carbocycles. The maximum absolute atomic E-state index is 11.6. The molecule has 1 unspecified atom stereocenters. The van der Waals surface area contributed by atoms with Gasteiger partial charge in [-0.15, -0.1) is 0 Å². The number of sulfone groups is 1. The molecule has 1 aliphatic rings. The van der Waals surface area contributed by atoms with E-state index in [2.05, 4.69) is 31.0 Å². The lowest BCUT2D eigenvalue weighted by molar-refractivity contribution is 0.0813. The Morgan fingerprint density at radius 3 is 2.53 bits per heavy atom. The molecule has 1 rings (SSSR count). The Morgan fingerprint density at radius 1 is 1.35 bits per heavy atom. The Labute approximate surface area is 106 Å². The molecule has 0 aliphatic carbocycles. The van der Waals surface area contributed by atoms with E-state index in [0.29, 0.717) is 12.6 Å². The van der Waals surface area contributed by atoms with Gasteiger partial charge in [-0.05, 0) is 5.41 Å². The number of rotatable bonds is 4. The van der Waals surface area contributed by atoms with Crippen LogP contribution in [0.25, 0.3) is 0 Å². The third kappa shape index (κ3) is 4.56. The van der Waals surface area contributed by atoms with Crippen molar-refractivity contribution in [2.45, 2.75) is 33.7 Å². The molecule has 0 aromatic heterocycles. The standard InChI is InChI=1S/C12H26N2O2S/c1-5-17(15,16)9-8-14-7-6-13-10-11(14)12(2,3)4/h11,13H,5-10H2,1-4H3. The highest BCUT2D eigenvalue weighted by Gasteiger charge is 2.32. The summed E-state index contributed by atoms with van der Waals surface area (Å²) in [5.41, 5.74) is 0.184. The van der Waals surface area contributed by atoms with Crippen LogP contribution in [0.4, 0.5) is 0 Å². The molecule has 1 atom stereocenters. The second-order valence-corrected chi connectivity index (χ2v) is 8.33. The van der Waals surface area contributed by atoms with Gasteiger partial charge in [0, 0.05) is 38.0 Å². The van der Waals surface area contributed by atoms with Gasteiger partial charge in [0.05, 0.1) is 5.75 Å². The van der Waals surface area contributed by atoms with Gasteiger partial charge in [-0.1, -0.05) is 27.7 Å². The molecule has 1 aliphatic heterocycles. The number of hydrogen-bond acceptors (Lipinski definition) is 4. The minimum atomic E-state index is -2.85. The fraction of sp³-hybridized carbons (Fsp3) is 1.00. The zero-order chi connectivity index (χ0) is 13.1. The summed E-state index contributed by atoms with van der Waals surface area (Å²) in [6.45, 7) is 11.9. The van der Waals surface area contributed by atoms with Crippen LogP contribution in [0.1, 0.15) is 27.7 Å². The number of hydrogen-bond donors (Lipinski definition) is 1. The van der Waals surface area contributed by atoms with Crippen molar-refractivity contribution >= 4 is 9.84 Å². The molecule has 4 nitrogen and oxygen atoms in total. The SMILES string of the molecule is CCS(=O)(=O)CCN1CCNCC1C(C)(C)C. The average Bonchev–Trinajstić information content (AvgIpc) is 2.26. The van der Waals surface area contributed by atoms with E-state index in [1.165, 1.54) is 0 Å². The van der Waals surface area contributed by atoms with Crippen LogP contribution < -0.4 is 5.32 Å². The van der Waals surface area contributed by atoms with Crippen LogP contribution in [0, 0.1) is 5.41 Å². The fourth-order valence-electron chi connectivity index (χ4n) is 2.27. The normalized spacial score (nSPS) is 23.9. The average molecular weight is 262 g/mol. The van der Waals surface area contributed by atoms with Gasteiger partial charge in [-0.3, -0.25) is 4.90 Å². The highest BCUT2D eigenvalue weighted by molar-refractivity contribution is 7.91. The van der Waals surface area contributed by atoms with E-state index in [1.807, 2.05) is 0 Å². The maximum Gasteiger partial charge on any atom is 0.151 e. The summed E-state index contributed by atoms with van der Waals surface area (Å²) in [6.07, 6.45) is 0. The molecule has 1 fully saturated rings. The Kier molecular flexibility index (Phi) is 4.98. The van der Waals surface area contributed by atoms with Gasteiger partial charge in [0.15, 0.2) is 9.84 Å². The van der Waals surface area contributed by atoms with E-state index in [1.54, 1.807) is 6.92 Å². The van der Waals surface area contributed by atoms with E-state index >= 15 is 0 Å². The third-order valence-corrected chi connectivity index (χ3v) is 5.17. The molecule has 0 spiro atoms. The first-order valence-electron chi connectivity index (χ1n) is 6.41. The summed E-state index contributed by atoms with van der Waals surface area (Å²) < 4.78 is 23.1. The molecule has 0 bridgehead atoms. The monoisotopic (exact) mass is 262 g/mol. The zero-order valence-corrected chi connectivity index (χ0v) is 12.3. The van der Waals surface area contributed by atoms with E-state index in [9.17, 15) is 8.42 Å². The summed E-state index contributed by atoms with van der Waals surface area (Å²) in [7, 11) is -2.85. The van der Waals surface area contributed by atoms with Gasteiger partial charge in [0.1, 0.15) is 0 Å². The van der Waals surface area contributed by atoms with E-state index < -0.39 is 9.84 Å². The highest BCUT2D eigenvalue weighted by Crippen LogP contribution is 2.25. The minimum absolute atomic E-state index is 0.184. The maximum atomic E-state index is 11.6. The van der Waals surface area contributed by atoms with Crippen LogP contribution >= 0.6 is 0 Å². The number of nitrogens with one attached hydrogen (secondary N) is 1. The van der Waals surface area contributed by atoms with Crippen molar-refractivity contribution in [1.29, 1.82) is 0 Å². The first kappa shape index (κ1) is 14.9. The Hall–Kier alpha value is -0.130. The van der Waals surface area contributed by atoms with E-state index in [0.717, 1.165) is 19.6 Å². The molecule has 1 N–H and O–H groups in total. The van der Waals surface area contributed by atoms with Crippen LogP contribution in [0.3, 0.4) is 0 Å². The second kappa shape index (κ2) is 5.67. The van der Waals surface area contributed by atoms with Crippen molar-refractivity contribution in [3.8, 4) is 0 Å². The van der Waals surface area contributed by atoms with E-state index in [4.69, 9.17) is 0 Å². The first-order chi connectivity index (χ1) is 7.76. The third-order valence-electron chi connectivity index (χ3n) is 3.48.